The highest BCUT2D eigenvalue weighted by molar-refractivity contribution is 14.1. The van der Waals surface area contributed by atoms with E-state index in [2.05, 4.69) is 28.7 Å². The smallest absolute Gasteiger partial charge is 0.105 e. The third kappa shape index (κ3) is 2.09. The summed E-state index contributed by atoms with van der Waals surface area (Å²) in [6, 6.07) is 10.2. The molecule has 0 radical (unpaired) electrons. The maximum atomic E-state index is 10.8. The second kappa shape index (κ2) is 4.58. The Labute approximate surface area is 116 Å². The first kappa shape index (κ1) is 12.8. The predicted octanol–water partition coefficient (Wildman–Crippen LogP) is 3.58. The Morgan fingerprint density at radius 3 is 2.29 bits per heavy atom. The van der Waals surface area contributed by atoms with Crippen molar-refractivity contribution in [3.05, 3.63) is 33.4 Å². The van der Waals surface area contributed by atoms with Crippen LogP contribution in [-0.2, 0) is 5.60 Å². The Morgan fingerprint density at radius 2 is 1.82 bits per heavy atom. The summed E-state index contributed by atoms with van der Waals surface area (Å²) < 4.78 is 1.14. The predicted molar refractivity (Wildman–Crippen MR) is 75.2 cm³/mol. The van der Waals surface area contributed by atoms with Gasteiger partial charge in [-0.3, -0.25) is 0 Å². The number of nitriles is 1. The molecule has 0 aliphatic heterocycles. The van der Waals surface area contributed by atoms with Gasteiger partial charge in [-0.15, -0.1) is 0 Å². The van der Waals surface area contributed by atoms with Crippen molar-refractivity contribution in [3.63, 3.8) is 0 Å². The summed E-state index contributed by atoms with van der Waals surface area (Å²) in [7, 11) is 0. The Balaban J connectivity index is 2.41. The zero-order valence-corrected chi connectivity index (χ0v) is 12.1. The van der Waals surface area contributed by atoms with Crippen molar-refractivity contribution in [1.82, 2.24) is 0 Å². The summed E-state index contributed by atoms with van der Waals surface area (Å²) >= 11 is 2.24. The van der Waals surface area contributed by atoms with Gasteiger partial charge in [-0.25, -0.2) is 0 Å². The maximum absolute atomic E-state index is 10.8. The quantitative estimate of drug-likeness (QED) is 0.836. The van der Waals surface area contributed by atoms with Crippen molar-refractivity contribution in [3.8, 4) is 6.07 Å². The minimum atomic E-state index is -1.05. The Hall–Kier alpha value is -0.600. The van der Waals surface area contributed by atoms with Gasteiger partial charge in [0.1, 0.15) is 5.60 Å². The molecule has 90 valence electrons. The molecule has 17 heavy (non-hydrogen) atoms. The fraction of sp³-hybridized carbons (Fsp3) is 0.500. The Bertz CT molecular complexity index is 438. The number of hydrogen-bond donors (Lipinski definition) is 1. The van der Waals surface area contributed by atoms with Gasteiger partial charge in [0.05, 0.1) is 11.5 Å². The SMILES string of the molecule is CC(O)(c1ccc(I)cc1)C1(C#N)CCCC1. The zero-order valence-electron chi connectivity index (χ0n) is 9.91. The fourth-order valence-corrected chi connectivity index (χ4v) is 3.10. The molecule has 0 heterocycles. The third-order valence-corrected chi connectivity index (χ3v) is 4.73. The van der Waals surface area contributed by atoms with Gasteiger partial charge in [0.2, 0.25) is 0 Å². The van der Waals surface area contributed by atoms with E-state index in [1.54, 1.807) is 6.92 Å². The molecule has 0 aromatic heterocycles. The van der Waals surface area contributed by atoms with E-state index in [9.17, 15) is 10.4 Å². The van der Waals surface area contributed by atoms with Crippen molar-refractivity contribution in [2.75, 3.05) is 0 Å². The molecule has 3 heteroatoms. The molecular formula is C14H16INO. The van der Waals surface area contributed by atoms with Crippen LogP contribution in [0.1, 0.15) is 38.2 Å². The molecule has 0 bridgehead atoms. The van der Waals surface area contributed by atoms with Crippen LogP contribution in [0, 0.1) is 20.3 Å². The van der Waals surface area contributed by atoms with Crippen LogP contribution in [0.4, 0.5) is 0 Å². The van der Waals surface area contributed by atoms with Gasteiger partial charge < -0.3 is 5.11 Å². The molecule has 2 rings (SSSR count). The van der Waals surface area contributed by atoms with Gasteiger partial charge in [-0.05, 0) is 60.1 Å². The lowest BCUT2D eigenvalue weighted by Gasteiger charge is -2.37. The molecule has 1 fully saturated rings. The molecule has 1 aliphatic rings. The van der Waals surface area contributed by atoms with E-state index >= 15 is 0 Å². The molecule has 1 unspecified atom stereocenters. The normalized spacial score (nSPS) is 21.8. The Kier molecular flexibility index (Phi) is 3.46. The number of halogens is 1. The molecule has 1 aromatic rings. The van der Waals surface area contributed by atoms with Crippen molar-refractivity contribution in [2.45, 2.75) is 38.2 Å². The minimum absolute atomic E-state index is 0.611. The van der Waals surface area contributed by atoms with Crippen LogP contribution in [0.3, 0.4) is 0 Å². The third-order valence-electron chi connectivity index (χ3n) is 4.01. The van der Waals surface area contributed by atoms with Crippen LogP contribution in [0.2, 0.25) is 0 Å². The van der Waals surface area contributed by atoms with E-state index in [4.69, 9.17) is 0 Å². The highest BCUT2D eigenvalue weighted by Gasteiger charge is 2.50. The number of nitrogens with zero attached hydrogens (tertiary/aromatic N) is 1. The summed E-state index contributed by atoms with van der Waals surface area (Å²) in [5, 5.41) is 20.3. The van der Waals surface area contributed by atoms with Gasteiger partial charge in [-0.2, -0.15) is 5.26 Å². The van der Waals surface area contributed by atoms with Crippen molar-refractivity contribution < 1.29 is 5.11 Å². The van der Waals surface area contributed by atoms with Crippen molar-refractivity contribution >= 4 is 22.6 Å². The molecule has 1 aromatic carbocycles. The van der Waals surface area contributed by atoms with E-state index in [1.807, 2.05) is 24.3 Å². The van der Waals surface area contributed by atoms with E-state index < -0.39 is 11.0 Å². The minimum Gasteiger partial charge on any atom is -0.384 e. The molecule has 0 saturated heterocycles. The molecule has 2 nitrogen and oxygen atoms in total. The molecule has 0 spiro atoms. The summed E-state index contributed by atoms with van der Waals surface area (Å²) in [4.78, 5) is 0. The monoisotopic (exact) mass is 341 g/mol. The van der Waals surface area contributed by atoms with E-state index in [1.165, 1.54) is 0 Å². The van der Waals surface area contributed by atoms with Crippen LogP contribution in [0.25, 0.3) is 0 Å². The number of aliphatic hydroxyl groups is 1. The standard InChI is InChI=1S/C14H16INO/c1-13(17,11-4-6-12(15)7-5-11)14(10-16)8-2-3-9-14/h4-7,17H,2-3,8-9H2,1H3. The summed E-state index contributed by atoms with van der Waals surface area (Å²) in [6.07, 6.45) is 3.66. The summed E-state index contributed by atoms with van der Waals surface area (Å²) in [5.74, 6) is 0. The van der Waals surface area contributed by atoms with Crippen molar-refractivity contribution in [2.24, 2.45) is 5.41 Å². The number of benzene rings is 1. The maximum Gasteiger partial charge on any atom is 0.105 e. The Morgan fingerprint density at radius 1 is 1.29 bits per heavy atom. The molecule has 1 saturated carbocycles. The largest absolute Gasteiger partial charge is 0.384 e. The lowest BCUT2D eigenvalue weighted by Crippen LogP contribution is -2.40. The van der Waals surface area contributed by atoms with E-state index in [0.717, 1.165) is 34.8 Å². The first-order chi connectivity index (χ1) is 8.02. The van der Waals surface area contributed by atoms with Crippen LogP contribution in [0.5, 0.6) is 0 Å². The molecule has 1 atom stereocenters. The first-order valence-electron chi connectivity index (χ1n) is 5.91. The lowest BCUT2D eigenvalue weighted by atomic mass is 9.69. The number of rotatable bonds is 2. The van der Waals surface area contributed by atoms with E-state index in [0.29, 0.717) is 0 Å². The van der Waals surface area contributed by atoms with Crippen LogP contribution >= 0.6 is 22.6 Å². The van der Waals surface area contributed by atoms with Crippen LogP contribution in [0.15, 0.2) is 24.3 Å². The highest BCUT2D eigenvalue weighted by Crippen LogP contribution is 2.50. The van der Waals surface area contributed by atoms with Gasteiger partial charge in [0.15, 0.2) is 0 Å². The summed E-state index contributed by atoms with van der Waals surface area (Å²) in [6.45, 7) is 1.78. The topological polar surface area (TPSA) is 44.0 Å². The number of hydrogen-bond acceptors (Lipinski definition) is 2. The zero-order chi connectivity index (χ0) is 12.5. The summed E-state index contributed by atoms with van der Waals surface area (Å²) in [5.41, 5.74) is -0.816. The highest BCUT2D eigenvalue weighted by atomic mass is 127. The fourth-order valence-electron chi connectivity index (χ4n) is 2.74. The average molecular weight is 341 g/mol. The van der Waals surface area contributed by atoms with Gasteiger partial charge >= 0.3 is 0 Å². The van der Waals surface area contributed by atoms with Gasteiger partial charge in [0, 0.05) is 3.57 Å². The van der Waals surface area contributed by atoms with Gasteiger partial charge in [-0.1, -0.05) is 25.0 Å². The van der Waals surface area contributed by atoms with Crippen molar-refractivity contribution in [1.29, 1.82) is 5.26 Å². The molecule has 1 N–H and O–H groups in total. The average Bonchev–Trinajstić information content (AvgIpc) is 2.79. The van der Waals surface area contributed by atoms with Crippen LogP contribution < -0.4 is 0 Å². The van der Waals surface area contributed by atoms with Crippen LogP contribution in [-0.4, -0.2) is 5.11 Å². The first-order valence-corrected chi connectivity index (χ1v) is 6.99. The molecule has 1 aliphatic carbocycles. The second-order valence-electron chi connectivity index (χ2n) is 4.98. The molecular weight excluding hydrogens is 325 g/mol. The van der Waals surface area contributed by atoms with E-state index in [-0.39, 0.29) is 0 Å². The second-order valence-corrected chi connectivity index (χ2v) is 6.23. The van der Waals surface area contributed by atoms with Gasteiger partial charge in [0.25, 0.3) is 0 Å². The molecule has 0 amide bonds. The lowest BCUT2D eigenvalue weighted by molar-refractivity contribution is -0.0422.